The third-order valence-corrected chi connectivity index (χ3v) is 2.30. The molecule has 1 rings (SSSR count). The molecule has 1 aromatic carbocycles. The van der Waals surface area contributed by atoms with Gasteiger partial charge in [-0.05, 0) is 38.2 Å². The van der Waals surface area contributed by atoms with Crippen LogP contribution in [0.25, 0.3) is 0 Å². The molecule has 0 bridgehead atoms. The lowest BCUT2D eigenvalue weighted by atomic mass is 10.1. The number of ether oxygens (including phenoxy) is 2. The minimum atomic E-state index is 0.783. The van der Waals surface area contributed by atoms with Crippen LogP contribution in [0.15, 0.2) is 18.2 Å². The summed E-state index contributed by atoms with van der Waals surface area (Å²) in [6.45, 7) is 5.04. The highest BCUT2D eigenvalue weighted by Crippen LogP contribution is 2.27. The quantitative estimate of drug-likeness (QED) is 0.788. The highest BCUT2D eigenvalue weighted by Gasteiger charge is 2.04. The van der Waals surface area contributed by atoms with Gasteiger partial charge in [0.05, 0.1) is 14.2 Å². The summed E-state index contributed by atoms with van der Waals surface area (Å²) < 4.78 is 10.4. The van der Waals surface area contributed by atoms with Gasteiger partial charge in [0.2, 0.25) is 0 Å². The third kappa shape index (κ3) is 5.59. The van der Waals surface area contributed by atoms with E-state index in [9.17, 15) is 0 Å². The summed E-state index contributed by atoms with van der Waals surface area (Å²) in [6.07, 6.45) is 1.02. The van der Waals surface area contributed by atoms with Crippen molar-refractivity contribution in [1.29, 1.82) is 0 Å². The summed E-state index contributed by atoms with van der Waals surface area (Å²) in [5.74, 6) is 1.58. The zero-order valence-corrected chi connectivity index (χ0v) is 11.9. The predicted molar refractivity (Wildman–Crippen MR) is 73.2 cm³/mol. The molecule has 17 heavy (non-hydrogen) atoms. The molecule has 0 atom stereocenters. The van der Waals surface area contributed by atoms with Crippen LogP contribution in [0.2, 0.25) is 0 Å². The monoisotopic (exact) mass is 239 g/mol. The molecule has 0 saturated heterocycles. The van der Waals surface area contributed by atoms with Crippen LogP contribution in [0.3, 0.4) is 0 Å². The van der Waals surface area contributed by atoms with E-state index in [0.717, 1.165) is 24.5 Å². The minimum Gasteiger partial charge on any atom is -0.493 e. The van der Waals surface area contributed by atoms with Gasteiger partial charge in [-0.25, -0.2) is 0 Å². The number of methoxy groups -OCH3 is 2. The first-order chi connectivity index (χ1) is 8.17. The number of hydrogen-bond acceptors (Lipinski definition) is 3. The van der Waals surface area contributed by atoms with Gasteiger partial charge in [-0.15, -0.1) is 0 Å². The van der Waals surface area contributed by atoms with E-state index in [-0.39, 0.29) is 0 Å². The summed E-state index contributed by atoms with van der Waals surface area (Å²) >= 11 is 0. The van der Waals surface area contributed by atoms with Crippen molar-refractivity contribution in [2.45, 2.75) is 20.3 Å². The summed E-state index contributed by atoms with van der Waals surface area (Å²) in [4.78, 5) is 2.16. The van der Waals surface area contributed by atoms with Gasteiger partial charge in [-0.1, -0.05) is 19.9 Å². The van der Waals surface area contributed by atoms with Crippen molar-refractivity contribution in [3.63, 3.8) is 0 Å². The lowest BCUT2D eigenvalue weighted by molar-refractivity contribution is 0.354. The van der Waals surface area contributed by atoms with Crippen molar-refractivity contribution in [3.8, 4) is 11.5 Å². The maximum absolute atomic E-state index is 5.25. The lowest BCUT2D eigenvalue weighted by Crippen LogP contribution is -2.15. The van der Waals surface area contributed by atoms with E-state index in [0.29, 0.717) is 0 Å². The Bertz CT molecular complexity index is 311. The molecule has 0 unspecified atom stereocenters. The fourth-order valence-electron chi connectivity index (χ4n) is 1.39. The summed E-state index contributed by atoms with van der Waals surface area (Å²) in [7, 11) is 7.45. The standard InChI is InChI=1S/C12H19NO2.C2H6/c1-13(2)8-7-10-5-6-11(14-3)12(9-10)15-4;1-2/h5-6,9H,7-8H2,1-4H3;1-2H3. The Hall–Kier alpha value is -1.22. The van der Waals surface area contributed by atoms with Crippen LogP contribution in [-0.2, 0) is 6.42 Å². The maximum Gasteiger partial charge on any atom is 0.160 e. The molecule has 0 fully saturated rings. The Kier molecular flexibility index (Phi) is 8.24. The number of hydrogen-bond donors (Lipinski definition) is 0. The topological polar surface area (TPSA) is 21.7 Å². The third-order valence-electron chi connectivity index (χ3n) is 2.30. The minimum absolute atomic E-state index is 0.783. The van der Waals surface area contributed by atoms with Gasteiger partial charge in [0.25, 0.3) is 0 Å². The molecule has 0 heterocycles. The number of rotatable bonds is 5. The van der Waals surface area contributed by atoms with Gasteiger partial charge in [0.15, 0.2) is 11.5 Å². The van der Waals surface area contributed by atoms with E-state index in [2.05, 4.69) is 25.1 Å². The second kappa shape index (κ2) is 8.88. The Balaban J connectivity index is 0.00000121. The molecule has 0 spiro atoms. The molecule has 98 valence electrons. The molecule has 0 aliphatic rings. The van der Waals surface area contributed by atoms with Gasteiger partial charge >= 0.3 is 0 Å². The second-order valence-corrected chi connectivity index (χ2v) is 3.74. The molecule has 0 saturated carbocycles. The SMILES string of the molecule is CC.COc1ccc(CCN(C)C)cc1OC. The first-order valence-electron chi connectivity index (χ1n) is 6.03. The van der Waals surface area contributed by atoms with E-state index < -0.39 is 0 Å². The van der Waals surface area contributed by atoms with Gasteiger partial charge in [-0.3, -0.25) is 0 Å². The molecule has 0 aromatic heterocycles. The summed E-state index contributed by atoms with van der Waals surface area (Å²) in [5, 5.41) is 0. The molecule has 3 heteroatoms. The van der Waals surface area contributed by atoms with Crippen molar-refractivity contribution >= 4 is 0 Å². The van der Waals surface area contributed by atoms with Crippen molar-refractivity contribution in [2.24, 2.45) is 0 Å². The molecule has 3 nitrogen and oxygen atoms in total. The van der Waals surface area contributed by atoms with Crippen LogP contribution < -0.4 is 9.47 Å². The van der Waals surface area contributed by atoms with E-state index in [1.54, 1.807) is 14.2 Å². The molecule has 0 amide bonds. The lowest BCUT2D eigenvalue weighted by Gasteiger charge is -2.12. The van der Waals surface area contributed by atoms with Gasteiger partial charge in [-0.2, -0.15) is 0 Å². The summed E-state index contributed by atoms with van der Waals surface area (Å²) in [5.41, 5.74) is 1.27. The number of likely N-dealkylation sites (N-methyl/N-ethyl adjacent to an activating group) is 1. The average Bonchev–Trinajstić information content (AvgIpc) is 2.38. The summed E-state index contributed by atoms with van der Waals surface area (Å²) in [6, 6.07) is 6.05. The van der Waals surface area contributed by atoms with Gasteiger partial charge < -0.3 is 14.4 Å². The second-order valence-electron chi connectivity index (χ2n) is 3.74. The predicted octanol–water partition coefficient (Wildman–Crippen LogP) is 2.83. The van der Waals surface area contributed by atoms with E-state index in [1.165, 1.54) is 5.56 Å². The maximum atomic E-state index is 5.25. The smallest absolute Gasteiger partial charge is 0.160 e. The molecule has 0 radical (unpaired) electrons. The molecule has 0 aliphatic carbocycles. The van der Waals surface area contributed by atoms with Crippen molar-refractivity contribution in [2.75, 3.05) is 34.9 Å². The first-order valence-corrected chi connectivity index (χ1v) is 6.03. The van der Waals surface area contributed by atoms with Crippen molar-refractivity contribution in [1.82, 2.24) is 4.90 Å². The van der Waals surface area contributed by atoms with Crippen molar-refractivity contribution < 1.29 is 9.47 Å². The fraction of sp³-hybridized carbons (Fsp3) is 0.571. The van der Waals surface area contributed by atoms with Crippen LogP contribution in [0.1, 0.15) is 19.4 Å². The zero-order valence-electron chi connectivity index (χ0n) is 11.9. The molecule has 0 aliphatic heterocycles. The normalized spacial score (nSPS) is 9.59. The first kappa shape index (κ1) is 15.8. The molecule has 1 aromatic rings. The molecule has 0 N–H and O–H groups in total. The van der Waals surface area contributed by atoms with Crippen LogP contribution in [0.4, 0.5) is 0 Å². The van der Waals surface area contributed by atoms with Crippen LogP contribution in [0.5, 0.6) is 11.5 Å². The Morgan fingerprint density at radius 3 is 2.06 bits per heavy atom. The van der Waals surface area contributed by atoms with Crippen LogP contribution >= 0.6 is 0 Å². The number of benzene rings is 1. The fourth-order valence-corrected chi connectivity index (χ4v) is 1.39. The largest absolute Gasteiger partial charge is 0.493 e. The van der Waals surface area contributed by atoms with E-state index >= 15 is 0 Å². The highest BCUT2D eigenvalue weighted by atomic mass is 16.5. The van der Waals surface area contributed by atoms with Gasteiger partial charge in [0, 0.05) is 6.54 Å². The zero-order chi connectivity index (χ0) is 13.3. The van der Waals surface area contributed by atoms with Crippen molar-refractivity contribution in [3.05, 3.63) is 23.8 Å². The Morgan fingerprint density at radius 2 is 1.59 bits per heavy atom. The average molecular weight is 239 g/mol. The highest BCUT2D eigenvalue weighted by molar-refractivity contribution is 5.42. The van der Waals surface area contributed by atoms with Crippen LogP contribution in [0, 0.1) is 0 Å². The van der Waals surface area contributed by atoms with E-state index in [1.807, 2.05) is 26.0 Å². The van der Waals surface area contributed by atoms with Gasteiger partial charge in [0.1, 0.15) is 0 Å². The Labute approximate surface area is 105 Å². The molecular formula is C14H25NO2. The number of nitrogens with zero attached hydrogens (tertiary/aromatic N) is 1. The molecular weight excluding hydrogens is 214 g/mol. The Morgan fingerprint density at radius 1 is 1.00 bits per heavy atom. The van der Waals surface area contributed by atoms with Crippen LogP contribution in [-0.4, -0.2) is 39.8 Å². The van der Waals surface area contributed by atoms with E-state index in [4.69, 9.17) is 9.47 Å².